The van der Waals surface area contributed by atoms with E-state index in [4.69, 9.17) is 4.74 Å². The third-order valence-electron chi connectivity index (χ3n) is 5.78. The topological polar surface area (TPSA) is 105 Å². The molecule has 30 heavy (non-hydrogen) atoms. The first-order valence-corrected chi connectivity index (χ1v) is 11.6. The maximum atomic E-state index is 12.9. The van der Waals surface area contributed by atoms with Crippen molar-refractivity contribution in [1.82, 2.24) is 14.7 Å². The van der Waals surface area contributed by atoms with E-state index in [0.717, 1.165) is 35.7 Å². The normalized spacial score (nSPS) is 18.6. The number of aromatic nitrogens is 2. The Morgan fingerprint density at radius 2 is 1.83 bits per heavy atom. The van der Waals surface area contributed by atoms with Gasteiger partial charge in [-0.15, -0.1) is 0 Å². The van der Waals surface area contributed by atoms with E-state index in [1.165, 1.54) is 0 Å². The van der Waals surface area contributed by atoms with Gasteiger partial charge in [-0.3, -0.25) is 4.79 Å². The number of benzene rings is 1. The molecule has 2 aromatic rings. The van der Waals surface area contributed by atoms with Gasteiger partial charge in [0.2, 0.25) is 15.9 Å². The second-order valence-corrected chi connectivity index (χ2v) is 9.41. The third kappa shape index (κ3) is 3.55. The van der Waals surface area contributed by atoms with Crippen LogP contribution in [0.4, 0.5) is 11.5 Å². The Morgan fingerprint density at radius 1 is 1.07 bits per heavy atom. The molecule has 1 aromatic heterocycles. The molecule has 3 aliphatic rings. The predicted octanol–water partition coefficient (Wildman–Crippen LogP) is 0.627. The molecule has 0 radical (unpaired) electrons. The fourth-order valence-corrected chi connectivity index (χ4v) is 5.35. The fraction of sp³-hybridized carbons (Fsp3) is 0.450. The van der Waals surface area contributed by atoms with Crippen molar-refractivity contribution in [2.45, 2.75) is 30.7 Å². The summed E-state index contributed by atoms with van der Waals surface area (Å²) >= 11 is 0. The molecular formula is C20H23N5O4S. The molecule has 0 spiro atoms. The molecule has 0 bridgehead atoms. The first-order chi connectivity index (χ1) is 14.5. The van der Waals surface area contributed by atoms with Crippen LogP contribution in [0.5, 0.6) is 0 Å². The van der Waals surface area contributed by atoms with Crippen molar-refractivity contribution in [3.63, 3.8) is 0 Å². The van der Waals surface area contributed by atoms with Gasteiger partial charge in [-0.1, -0.05) is 0 Å². The van der Waals surface area contributed by atoms with Crippen molar-refractivity contribution >= 4 is 27.4 Å². The van der Waals surface area contributed by atoms with Crippen LogP contribution >= 0.6 is 0 Å². The van der Waals surface area contributed by atoms with Gasteiger partial charge in [0.1, 0.15) is 11.6 Å². The summed E-state index contributed by atoms with van der Waals surface area (Å²) in [4.78, 5) is 24.9. The van der Waals surface area contributed by atoms with Crippen LogP contribution < -0.4 is 14.5 Å². The minimum Gasteiger partial charge on any atom is -0.378 e. The van der Waals surface area contributed by atoms with Crippen LogP contribution in [0.1, 0.15) is 23.4 Å². The number of sulfonamides is 1. The summed E-state index contributed by atoms with van der Waals surface area (Å²) < 4.78 is 33.9. The Balaban J connectivity index is 1.34. The average Bonchev–Trinajstić information content (AvgIpc) is 3.21. The van der Waals surface area contributed by atoms with Crippen molar-refractivity contribution in [3.8, 4) is 0 Å². The molecule has 0 unspecified atom stereocenters. The van der Waals surface area contributed by atoms with E-state index in [1.54, 1.807) is 23.2 Å². The van der Waals surface area contributed by atoms with Crippen molar-refractivity contribution in [3.05, 3.63) is 41.3 Å². The van der Waals surface area contributed by atoms with E-state index >= 15 is 0 Å². The van der Waals surface area contributed by atoms with Crippen LogP contribution in [0.15, 0.2) is 29.3 Å². The quantitative estimate of drug-likeness (QED) is 0.743. The Labute approximate surface area is 175 Å². The summed E-state index contributed by atoms with van der Waals surface area (Å²) in [7, 11) is -3.72. The largest absolute Gasteiger partial charge is 0.378 e. The van der Waals surface area contributed by atoms with Gasteiger partial charge in [-0.05, 0) is 42.2 Å². The monoisotopic (exact) mass is 429 g/mol. The molecule has 9 nitrogen and oxygen atoms in total. The number of carbonyl (C=O) groups is 1. The number of ether oxygens (including phenoxy) is 1. The zero-order valence-electron chi connectivity index (χ0n) is 16.5. The number of carbonyl (C=O) groups excluding carboxylic acids is 1. The first kappa shape index (κ1) is 19.4. The highest BCUT2D eigenvalue weighted by atomic mass is 32.2. The number of hydrogen-bond donors (Lipinski definition) is 1. The molecule has 0 atom stereocenters. The minimum absolute atomic E-state index is 0.0115. The second-order valence-electron chi connectivity index (χ2n) is 7.64. The highest BCUT2D eigenvalue weighted by molar-refractivity contribution is 7.89. The molecule has 4 heterocycles. The van der Waals surface area contributed by atoms with Crippen molar-refractivity contribution in [1.29, 1.82) is 0 Å². The van der Waals surface area contributed by atoms with E-state index in [1.807, 2.05) is 6.07 Å². The fourth-order valence-electron chi connectivity index (χ4n) is 4.27. The molecule has 1 saturated heterocycles. The molecule has 1 N–H and O–H groups in total. The second kappa shape index (κ2) is 7.60. The Hall–Kier alpha value is -2.56. The lowest BCUT2D eigenvalue weighted by Crippen LogP contribution is -2.37. The standard InChI is InChI=1S/C20H23N5O4S/c26-19-2-1-14-11-16(12-15-4-6-25(19)20(14)15)30(27,28)22-13-17-21-5-3-18(23-17)24-7-9-29-10-8-24/h3,5,11-12,22H,1-2,4,6-10,13H2. The van der Waals surface area contributed by atoms with Crippen LogP contribution in [-0.2, 0) is 38.9 Å². The van der Waals surface area contributed by atoms with Gasteiger partial charge < -0.3 is 14.5 Å². The van der Waals surface area contributed by atoms with Gasteiger partial charge in [-0.25, -0.2) is 23.1 Å². The molecule has 0 saturated carbocycles. The van der Waals surface area contributed by atoms with Gasteiger partial charge in [-0.2, -0.15) is 0 Å². The van der Waals surface area contributed by atoms with Gasteiger partial charge in [0.05, 0.1) is 30.3 Å². The number of morpholine rings is 1. The van der Waals surface area contributed by atoms with Gasteiger partial charge in [0.25, 0.3) is 0 Å². The van der Waals surface area contributed by atoms with Crippen LogP contribution in [0, 0.1) is 0 Å². The maximum absolute atomic E-state index is 12.9. The van der Waals surface area contributed by atoms with Crippen molar-refractivity contribution < 1.29 is 17.9 Å². The summed E-state index contributed by atoms with van der Waals surface area (Å²) in [6, 6.07) is 5.20. The van der Waals surface area contributed by atoms with Gasteiger partial charge in [0, 0.05) is 32.3 Å². The highest BCUT2D eigenvalue weighted by Gasteiger charge is 2.32. The van der Waals surface area contributed by atoms with Gasteiger partial charge in [0.15, 0.2) is 0 Å². The number of anilines is 2. The van der Waals surface area contributed by atoms with Crippen molar-refractivity contribution in [2.24, 2.45) is 0 Å². The summed E-state index contributed by atoms with van der Waals surface area (Å²) in [5.74, 6) is 1.31. The van der Waals surface area contributed by atoms with Crippen LogP contribution in [0.2, 0.25) is 0 Å². The highest BCUT2D eigenvalue weighted by Crippen LogP contribution is 2.38. The average molecular weight is 430 g/mol. The molecule has 0 aliphatic carbocycles. The molecule has 158 valence electrons. The van der Waals surface area contributed by atoms with Gasteiger partial charge >= 0.3 is 0 Å². The molecule has 1 aromatic carbocycles. The number of nitrogens with zero attached hydrogens (tertiary/aromatic N) is 4. The number of hydrogen-bond acceptors (Lipinski definition) is 7. The van der Waals surface area contributed by atoms with E-state index in [9.17, 15) is 13.2 Å². The molecule has 1 fully saturated rings. The molecular weight excluding hydrogens is 406 g/mol. The zero-order chi connectivity index (χ0) is 20.7. The minimum atomic E-state index is -3.72. The summed E-state index contributed by atoms with van der Waals surface area (Å²) in [5, 5.41) is 0. The SMILES string of the molecule is O=C1CCc2cc(S(=O)(=O)NCc3nccc(N4CCOCC4)n3)cc3c2N1CC3. The van der Waals surface area contributed by atoms with Crippen molar-refractivity contribution in [2.75, 3.05) is 42.6 Å². The van der Waals surface area contributed by atoms with E-state index in [2.05, 4.69) is 19.6 Å². The summed E-state index contributed by atoms with van der Waals surface area (Å²) in [6.07, 6.45) is 3.33. The predicted molar refractivity (Wildman–Crippen MR) is 110 cm³/mol. The Morgan fingerprint density at radius 3 is 2.63 bits per heavy atom. The summed E-state index contributed by atoms with van der Waals surface area (Å²) in [5.41, 5.74) is 2.76. The third-order valence-corrected chi connectivity index (χ3v) is 7.16. The van der Waals surface area contributed by atoms with E-state index in [-0.39, 0.29) is 17.3 Å². The zero-order valence-corrected chi connectivity index (χ0v) is 17.3. The van der Waals surface area contributed by atoms with Crippen LogP contribution in [0.25, 0.3) is 0 Å². The summed E-state index contributed by atoms with van der Waals surface area (Å²) in [6.45, 7) is 3.43. The smallest absolute Gasteiger partial charge is 0.240 e. The number of rotatable bonds is 5. The first-order valence-electron chi connectivity index (χ1n) is 10.1. The number of aryl methyl sites for hydroxylation is 1. The molecule has 10 heteroatoms. The van der Waals surface area contributed by atoms with Crippen LogP contribution in [0.3, 0.4) is 0 Å². The Bertz CT molecular complexity index is 1100. The van der Waals surface area contributed by atoms with E-state index < -0.39 is 10.0 Å². The molecule has 5 rings (SSSR count). The Kier molecular flexibility index (Phi) is 4.92. The lowest BCUT2D eigenvalue weighted by Gasteiger charge is -2.27. The molecule has 3 aliphatic heterocycles. The number of nitrogens with one attached hydrogen (secondary N) is 1. The lowest BCUT2D eigenvalue weighted by atomic mass is 10.00. The van der Waals surface area contributed by atoms with Crippen LogP contribution in [-0.4, -0.2) is 57.1 Å². The lowest BCUT2D eigenvalue weighted by molar-refractivity contribution is -0.118. The maximum Gasteiger partial charge on any atom is 0.240 e. The van der Waals surface area contributed by atoms with E-state index in [0.29, 0.717) is 44.8 Å². The number of amides is 1. The molecule has 1 amide bonds.